The first-order valence-corrected chi connectivity index (χ1v) is 6.77. The van der Waals surface area contributed by atoms with Crippen LogP contribution in [-0.4, -0.2) is 6.54 Å². The SMILES string of the molecule is CCCC(CN)(CCC)c1cccc(C(F)(F)F)c1. The maximum absolute atomic E-state index is 12.8. The highest BCUT2D eigenvalue weighted by Crippen LogP contribution is 2.37. The van der Waals surface area contributed by atoms with Gasteiger partial charge >= 0.3 is 6.18 Å². The molecule has 1 nitrogen and oxygen atoms in total. The first-order chi connectivity index (χ1) is 8.89. The molecule has 0 atom stereocenters. The van der Waals surface area contributed by atoms with Gasteiger partial charge in [0, 0.05) is 12.0 Å². The van der Waals surface area contributed by atoms with Crippen LogP contribution < -0.4 is 5.73 Å². The fourth-order valence-electron chi connectivity index (χ4n) is 2.72. The highest BCUT2D eigenvalue weighted by molar-refractivity contribution is 5.32. The molecule has 0 spiro atoms. The minimum atomic E-state index is -4.30. The number of hydrogen-bond acceptors (Lipinski definition) is 1. The Morgan fingerprint density at radius 3 is 1.95 bits per heavy atom. The van der Waals surface area contributed by atoms with Crippen LogP contribution in [-0.2, 0) is 11.6 Å². The van der Waals surface area contributed by atoms with E-state index in [-0.39, 0.29) is 5.41 Å². The van der Waals surface area contributed by atoms with Crippen LogP contribution in [0.1, 0.15) is 50.7 Å². The fraction of sp³-hybridized carbons (Fsp3) is 0.600. The smallest absolute Gasteiger partial charge is 0.330 e. The third-order valence-corrected chi connectivity index (χ3v) is 3.65. The molecule has 19 heavy (non-hydrogen) atoms. The molecule has 0 unspecified atom stereocenters. The largest absolute Gasteiger partial charge is 0.416 e. The molecule has 0 saturated carbocycles. The van der Waals surface area contributed by atoms with Gasteiger partial charge in [0.25, 0.3) is 0 Å². The molecule has 0 radical (unpaired) electrons. The second-order valence-electron chi connectivity index (χ2n) is 5.06. The van der Waals surface area contributed by atoms with E-state index in [2.05, 4.69) is 0 Å². The Morgan fingerprint density at radius 2 is 1.53 bits per heavy atom. The van der Waals surface area contributed by atoms with Gasteiger partial charge in [0.1, 0.15) is 0 Å². The number of benzene rings is 1. The number of nitrogens with two attached hydrogens (primary N) is 1. The van der Waals surface area contributed by atoms with Crippen LogP contribution in [0.2, 0.25) is 0 Å². The van der Waals surface area contributed by atoms with Crippen molar-refractivity contribution >= 4 is 0 Å². The lowest BCUT2D eigenvalue weighted by atomic mass is 9.73. The van der Waals surface area contributed by atoms with Crippen molar-refractivity contribution in [3.8, 4) is 0 Å². The predicted octanol–water partition coefficient (Wildman–Crippen LogP) is 4.50. The summed E-state index contributed by atoms with van der Waals surface area (Å²) in [6.07, 6.45) is -0.840. The standard InChI is InChI=1S/C15H22F3N/c1-3-8-14(11-19,9-4-2)12-6-5-7-13(10-12)15(16,17)18/h5-7,10H,3-4,8-9,11,19H2,1-2H3. The summed E-state index contributed by atoms with van der Waals surface area (Å²) in [5, 5.41) is 0. The van der Waals surface area contributed by atoms with E-state index in [0.29, 0.717) is 12.1 Å². The van der Waals surface area contributed by atoms with E-state index in [4.69, 9.17) is 5.73 Å². The van der Waals surface area contributed by atoms with Gasteiger partial charge < -0.3 is 5.73 Å². The van der Waals surface area contributed by atoms with Gasteiger partial charge in [-0.15, -0.1) is 0 Å². The van der Waals surface area contributed by atoms with Gasteiger partial charge in [0.15, 0.2) is 0 Å². The minimum absolute atomic E-state index is 0.329. The lowest BCUT2D eigenvalue weighted by Gasteiger charge is -2.33. The van der Waals surface area contributed by atoms with Crippen LogP contribution in [0.15, 0.2) is 24.3 Å². The summed E-state index contributed by atoms with van der Waals surface area (Å²) in [6, 6.07) is 5.63. The molecule has 0 bridgehead atoms. The molecular weight excluding hydrogens is 251 g/mol. The molecule has 0 heterocycles. The molecule has 0 aliphatic rings. The quantitative estimate of drug-likeness (QED) is 0.811. The molecule has 1 aromatic rings. The van der Waals surface area contributed by atoms with E-state index in [1.54, 1.807) is 6.07 Å². The Balaban J connectivity index is 3.22. The van der Waals surface area contributed by atoms with Gasteiger partial charge in [-0.2, -0.15) is 13.2 Å². The van der Waals surface area contributed by atoms with Crippen molar-refractivity contribution in [3.05, 3.63) is 35.4 Å². The van der Waals surface area contributed by atoms with Gasteiger partial charge in [-0.05, 0) is 24.5 Å². The van der Waals surface area contributed by atoms with Crippen molar-refractivity contribution < 1.29 is 13.2 Å². The number of rotatable bonds is 6. The van der Waals surface area contributed by atoms with Gasteiger partial charge in [-0.1, -0.05) is 44.9 Å². The summed E-state index contributed by atoms with van der Waals surface area (Å²) < 4.78 is 38.4. The van der Waals surface area contributed by atoms with E-state index in [1.165, 1.54) is 12.1 Å². The van der Waals surface area contributed by atoms with Crippen LogP contribution in [0.4, 0.5) is 13.2 Å². The average Bonchev–Trinajstić information content (AvgIpc) is 2.37. The Bertz CT molecular complexity index is 393. The van der Waals surface area contributed by atoms with Crippen LogP contribution >= 0.6 is 0 Å². The minimum Gasteiger partial charge on any atom is -0.330 e. The second kappa shape index (κ2) is 6.42. The zero-order valence-corrected chi connectivity index (χ0v) is 11.6. The van der Waals surface area contributed by atoms with Crippen LogP contribution in [0.25, 0.3) is 0 Å². The molecule has 0 aliphatic heterocycles. The van der Waals surface area contributed by atoms with Crippen molar-refractivity contribution in [3.63, 3.8) is 0 Å². The van der Waals surface area contributed by atoms with E-state index in [9.17, 15) is 13.2 Å². The maximum atomic E-state index is 12.8. The Kier molecular flexibility index (Phi) is 5.41. The Morgan fingerprint density at radius 1 is 1.00 bits per heavy atom. The summed E-state index contributed by atoms with van der Waals surface area (Å²) in [7, 11) is 0. The molecular formula is C15H22F3N. The van der Waals surface area contributed by atoms with Gasteiger partial charge in [0.05, 0.1) is 5.56 Å². The summed E-state index contributed by atoms with van der Waals surface area (Å²) in [6.45, 7) is 4.46. The number of hydrogen-bond donors (Lipinski definition) is 1. The lowest BCUT2D eigenvalue weighted by Crippen LogP contribution is -2.35. The lowest BCUT2D eigenvalue weighted by molar-refractivity contribution is -0.137. The highest BCUT2D eigenvalue weighted by atomic mass is 19.4. The monoisotopic (exact) mass is 273 g/mol. The molecule has 108 valence electrons. The number of halogens is 3. The first-order valence-electron chi connectivity index (χ1n) is 6.77. The molecule has 4 heteroatoms. The Hall–Kier alpha value is -1.03. The van der Waals surface area contributed by atoms with Crippen LogP contribution in [0.3, 0.4) is 0 Å². The van der Waals surface area contributed by atoms with E-state index in [1.807, 2.05) is 13.8 Å². The fourth-order valence-corrected chi connectivity index (χ4v) is 2.72. The Labute approximate surface area is 113 Å². The molecule has 1 rings (SSSR count). The van der Waals surface area contributed by atoms with Crippen molar-refractivity contribution in [1.29, 1.82) is 0 Å². The predicted molar refractivity (Wildman–Crippen MR) is 72.0 cm³/mol. The van der Waals surface area contributed by atoms with Gasteiger partial charge in [-0.25, -0.2) is 0 Å². The normalized spacial score (nSPS) is 12.7. The van der Waals surface area contributed by atoms with Crippen LogP contribution in [0, 0.1) is 0 Å². The maximum Gasteiger partial charge on any atom is 0.416 e. The molecule has 0 amide bonds. The van der Waals surface area contributed by atoms with Crippen molar-refractivity contribution in [2.75, 3.05) is 6.54 Å². The highest BCUT2D eigenvalue weighted by Gasteiger charge is 2.34. The van der Waals surface area contributed by atoms with Crippen LogP contribution in [0.5, 0.6) is 0 Å². The zero-order chi connectivity index (χ0) is 14.5. The van der Waals surface area contributed by atoms with Crippen molar-refractivity contribution in [2.45, 2.75) is 51.1 Å². The first kappa shape index (κ1) is 16.0. The van der Waals surface area contributed by atoms with Crippen molar-refractivity contribution in [1.82, 2.24) is 0 Å². The molecule has 0 fully saturated rings. The molecule has 2 N–H and O–H groups in total. The summed E-state index contributed by atoms with van der Waals surface area (Å²) in [5.41, 5.74) is 5.69. The summed E-state index contributed by atoms with van der Waals surface area (Å²) in [5.74, 6) is 0. The van der Waals surface area contributed by atoms with E-state index in [0.717, 1.165) is 31.7 Å². The van der Waals surface area contributed by atoms with E-state index < -0.39 is 11.7 Å². The topological polar surface area (TPSA) is 26.0 Å². The second-order valence-corrected chi connectivity index (χ2v) is 5.06. The average molecular weight is 273 g/mol. The molecule has 0 aliphatic carbocycles. The van der Waals surface area contributed by atoms with Gasteiger partial charge in [-0.3, -0.25) is 0 Å². The van der Waals surface area contributed by atoms with Crippen molar-refractivity contribution in [2.24, 2.45) is 5.73 Å². The zero-order valence-electron chi connectivity index (χ0n) is 11.6. The van der Waals surface area contributed by atoms with Gasteiger partial charge in [0.2, 0.25) is 0 Å². The number of alkyl halides is 3. The molecule has 1 aromatic carbocycles. The summed E-state index contributed by atoms with van der Waals surface area (Å²) >= 11 is 0. The summed E-state index contributed by atoms with van der Waals surface area (Å²) in [4.78, 5) is 0. The molecule has 0 aromatic heterocycles. The van der Waals surface area contributed by atoms with E-state index >= 15 is 0 Å². The molecule has 0 saturated heterocycles. The third kappa shape index (κ3) is 3.72. The third-order valence-electron chi connectivity index (χ3n) is 3.65.